The number of benzene rings is 1. The number of aromatic nitrogens is 2. The quantitative estimate of drug-likeness (QED) is 0.863. The highest BCUT2D eigenvalue weighted by Gasteiger charge is 2.41. The first kappa shape index (κ1) is 14.7. The van der Waals surface area contributed by atoms with E-state index in [2.05, 4.69) is 10.2 Å². The molecule has 1 atom stereocenters. The normalized spacial score (nSPS) is 17.1. The Morgan fingerprint density at radius 2 is 2.18 bits per heavy atom. The van der Waals surface area contributed by atoms with Gasteiger partial charge in [-0.05, 0) is 19.4 Å². The minimum atomic E-state index is -0.431. The van der Waals surface area contributed by atoms with Crippen LogP contribution in [0.4, 0.5) is 4.39 Å². The first-order valence-corrected chi connectivity index (χ1v) is 7.24. The second-order valence-electron chi connectivity index (χ2n) is 5.38. The van der Waals surface area contributed by atoms with Gasteiger partial charge in [-0.15, -0.1) is 0 Å². The van der Waals surface area contributed by atoms with Crippen molar-refractivity contribution in [1.29, 1.82) is 0 Å². The molecule has 2 heterocycles. The summed E-state index contributed by atoms with van der Waals surface area (Å²) in [6.45, 7) is 2.91. The van der Waals surface area contributed by atoms with Gasteiger partial charge in [0.2, 0.25) is 0 Å². The van der Waals surface area contributed by atoms with E-state index in [9.17, 15) is 9.18 Å². The summed E-state index contributed by atoms with van der Waals surface area (Å²) < 4.78 is 19.3. The van der Waals surface area contributed by atoms with Crippen LogP contribution < -0.4 is 0 Å². The van der Waals surface area contributed by atoms with Gasteiger partial charge >= 0.3 is 0 Å². The summed E-state index contributed by atoms with van der Waals surface area (Å²) in [5, 5.41) is 6.92. The van der Waals surface area contributed by atoms with Crippen LogP contribution in [0, 0.1) is 12.7 Å². The Bertz CT molecular complexity index is 698. The molecule has 1 aromatic carbocycles. The molecule has 0 aliphatic carbocycles. The van der Waals surface area contributed by atoms with Crippen LogP contribution in [0.25, 0.3) is 0 Å². The number of nitrogens with zero attached hydrogens (tertiary/aromatic N) is 2. The summed E-state index contributed by atoms with van der Waals surface area (Å²) in [6.07, 6.45) is 0.695. The summed E-state index contributed by atoms with van der Waals surface area (Å²) in [5.41, 5.74) is 2.46. The van der Waals surface area contributed by atoms with Crippen molar-refractivity contribution in [3.8, 4) is 0 Å². The minimum Gasteiger partial charge on any atom is -0.385 e. The van der Waals surface area contributed by atoms with E-state index in [0.29, 0.717) is 30.8 Å². The lowest BCUT2D eigenvalue weighted by Gasteiger charge is -2.26. The summed E-state index contributed by atoms with van der Waals surface area (Å²) in [5.74, 6) is -0.478. The van der Waals surface area contributed by atoms with E-state index in [0.717, 1.165) is 11.3 Å². The zero-order chi connectivity index (χ0) is 15.7. The number of rotatable bonds is 5. The molecule has 1 aliphatic rings. The number of ether oxygens (including phenoxy) is 1. The number of nitrogens with one attached hydrogen (secondary N) is 1. The molecule has 22 heavy (non-hydrogen) atoms. The Hall–Kier alpha value is -2.21. The van der Waals surface area contributed by atoms with Crippen LogP contribution in [-0.2, 0) is 4.74 Å². The zero-order valence-electron chi connectivity index (χ0n) is 12.6. The molecule has 6 heteroatoms. The maximum Gasteiger partial charge on any atom is 0.275 e. The van der Waals surface area contributed by atoms with Gasteiger partial charge < -0.3 is 9.64 Å². The number of aryl methyl sites for hydroxylation is 1. The molecule has 1 aromatic heterocycles. The first-order chi connectivity index (χ1) is 10.6. The molecule has 0 radical (unpaired) electrons. The highest BCUT2D eigenvalue weighted by atomic mass is 19.1. The van der Waals surface area contributed by atoms with Gasteiger partial charge in [-0.3, -0.25) is 9.89 Å². The predicted octanol–water partition coefficient (Wildman–Crippen LogP) is 2.44. The van der Waals surface area contributed by atoms with Crippen molar-refractivity contribution in [3.05, 3.63) is 52.6 Å². The molecule has 3 rings (SSSR count). The van der Waals surface area contributed by atoms with Gasteiger partial charge in [0.15, 0.2) is 5.69 Å². The topological polar surface area (TPSA) is 58.2 Å². The Kier molecular flexibility index (Phi) is 3.94. The number of amides is 1. The van der Waals surface area contributed by atoms with Crippen LogP contribution in [0.2, 0.25) is 0 Å². The van der Waals surface area contributed by atoms with Gasteiger partial charge in [0, 0.05) is 37.1 Å². The number of carbonyl (C=O) groups is 1. The van der Waals surface area contributed by atoms with Crippen LogP contribution in [-0.4, -0.2) is 41.3 Å². The number of carbonyl (C=O) groups excluding carboxylic acids is 1. The van der Waals surface area contributed by atoms with Crippen molar-refractivity contribution in [2.24, 2.45) is 0 Å². The van der Waals surface area contributed by atoms with Crippen molar-refractivity contribution < 1.29 is 13.9 Å². The zero-order valence-corrected chi connectivity index (χ0v) is 12.6. The van der Waals surface area contributed by atoms with Crippen LogP contribution in [0.5, 0.6) is 0 Å². The number of hydrogen-bond acceptors (Lipinski definition) is 3. The molecular weight excluding hydrogens is 285 g/mol. The van der Waals surface area contributed by atoms with Crippen molar-refractivity contribution in [3.63, 3.8) is 0 Å². The predicted molar refractivity (Wildman–Crippen MR) is 79.1 cm³/mol. The third-order valence-electron chi connectivity index (χ3n) is 3.99. The van der Waals surface area contributed by atoms with Crippen molar-refractivity contribution >= 4 is 5.91 Å². The average Bonchev–Trinajstić information content (AvgIpc) is 3.01. The standard InChI is InChI=1S/C16H18FN3O2/c1-10-13-14(19-18-10)16(21)20(8-5-9-22-2)15(13)11-6-3-4-7-12(11)17/h3-4,6-7,15H,5,8-9H2,1-2H3,(H,18,19). The minimum absolute atomic E-state index is 0.163. The van der Waals surface area contributed by atoms with E-state index in [1.54, 1.807) is 30.2 Å². The highest BCUT2D eigenvalue weighted by Crippen LogP contribution is 2.40. The lowest BCUT2D eigenvalue weighted by Crippen LogP contribution is -2.31. The highest BCUT2D eigenvalue weighted by molar-refractivity contribution is 5.98. The van der Waals surface area contributed by atoms with Crippen molar-refractivity contribution in [1.82, 2.24) is 15.1 Å². The van der Waals surface area contributed by atoms with E-state index < -0.39 is 6.04 Å². The number of halogens is 1. The number of aromatic amines is 1. The van der Waals surface area contributed by atoms with Crippen molar-refractivity contribution in [2.45, 2.75) is 19.4 Å². The number of hydrogen-bond donors (Lipinski definition) is 1. The smallest absolute Gasteiger partial charge is 0.275 e. The summed E-state index contributed by atoms with van der Waals surface area (Å²) in [4.78, 5) is 14.3. The Morgan fingerprint density at radius 3 is 2.91 bits per heavy atom. The van der Waals surface area contributed by atoms with Gasteiger partial charge in [-0.2, -0.15) is 5.10 Å². The molecule has 1 unspecified atom stereocenters. The van der Waals surface area contributed by atoms with E-state index >= 15 is 0 Å². The Balaban J connectivity index is 2.03. The Morgan fingerprint density at radius 1 is 1.41 bits per heavy atom. The average molecular weight is 303 g/mol. The van der Waals surface area contributed by atoms with Gasteiger partial charge in [0.05, 0.1) is 6.04 Å². The molecule has 1 aliphatic heterocycles. The van der Waals surface area contributed by atoms with E-state index in [1.807, 2.05) is 6.92 Å². The molecule has 0 saturated heterocycles. The number of H-pyrrole nitrogens is 1. The third-order valence-corrected chi connectivity index (χ3v) is 3.99. The van der Waals surface area contributed by atoms with Crippen LogP contribution in [0.3, 0.4) is 0 Å². The number of fused-ring (bicyclic) bond motifs is 1. The third kappa shape index (κ3) is 2.29. The lowest BCUT2D eigenvalue weighted by molar-refractivity contribution is 0.0721. The fraction of sp³-hybridized carbons (Fsp3) is 0.375. The van der Waals surface area contributed by atoms with Gasteiger partial charge in [-0.25, -0.2) is 4.39 Å². The summed E-state index contributed by atoms with van der Waals surface area (Å²) >= 11 is 0. The molecule has 116 valence electrons. The molecule has 0 bridgehead atoms. The summed E-state index contributed by atoms with van der Waals surface area (Å²) in [7, 11) is 1.62. The molecule has 0 saturated carbocycles. The fourth-order valence-electron chi connectivity index (χ4n) is 2.97. The van der Waals surface area contributed by atoms with Gasteiger partial charge in [0.1, 0.15) is 5.82 Å². The van der Waals surface area contributed by atoms with E-state index in [-0.39, 0.29) is 11.7 Å². The lowest BCUT2D eigenvalue weighted by atomic mass is 9.98. The van der Waals surface area contributed by atoms with Gasteiger partial charge in [0.25, 0.3) is 5.91 Å². The maximum atomic E-state index is 14.3. The van der Waals surface area contributed by atoms with Crippen LogP contribution in [0.15, 0.2) is 24.3 Å². The number of methoxy groups -OCH3 is 1. The second kappa shape index (κ2) is 5.88. The van der Waals surface area contributed by atoms with Crippen molar-refractivity contribution in [2.75, 3.05) is 20.3 Å². The monoisotopic (exact) mass is 303 g/mol. The molecule has 0 fully saturated rings. The van der Waals surface area contributed by atoms with E-state index in [1.165, 1.54) is 6.07 Å². The molecule has 5 nitrogen and oxygen atoms in total. The molecular formula is C16H18FN3O2. The second-order valence-corrected chi connectivity index (χ2v) is 5.38. The molecule has 2 aromatic rings. The fourth-order valence-corrected chi connectivity index (χ4v) is 2.97. The molecule has 1 N–H and O–H groups in total. The van der Waals surface area contributed by atoms with E-state index in [4.69, 9.17) is 4.74 Å². The van der Waals surface area contributed by atoms with Crippen LogP contribution in [0.1, 0.15) is 39.8 Å². The molecule has 1 amide bonds. The molecule has 0 spiro atoms. The SMILES string of the molecule is COCCCN1C(=O)c2n[nH]c(C)c2C1c1ccccc1F. The Labute approximate surface area is 128 Å². The summed E-state index contributed by atoms with van der Waals surface area (Å²) in [6, 6.07) is 6.13. The first-order valence-electron chi connectivity index (χ1n) is 7.24. The maximum absolute atomic E-state index is 14.3. The largest absolute Gasteiger partial charge is 0.385 e. The van der Waals surface area contributed by atoms with Gasteiger partial charge in [-0.1, -0.05) is 18.2 Å². The van der Waals surface area contributed by atoms with Crippen LogP contribution >= 0.6 is 0 Å².